The number of sulfonamides is 1. The zero-order valence-corrected chi connectivity index (χ0v) is 17.1. The van der Waals surface area contributed by atoms with Crippen LogP contribution in [0.25, 0.3) is 0 Å². The topological polar surface area (TPSA) is 75.7 Å². The quantitative estimate of drug-likeness (QED) is 0.693. The van der Waals surface area contributed by atoms with Crippen molar-refractivity contribution in [3.8, 4) is 11.5 Å². The second-order valence-electron chi connectivity index (χ2n) is 7.03. The Morgan fingerprint density at radius 3 is 2.38 bits per heavy atom. The molecule has 4 rings (SSSR count). The molecule has 0 saturated heterocycles. The Morgan fingerprint density at radius 1 is 0.897 bits per heavy atom. The van der Waals surface area contributed by atoms with Gasteiger partial charge < -0.3 is 10.1 Å². The standard InChI is InChI=1S/C22H20N2O4S/c1-14-5-4-6-16(11-14)24(3)29(26,27)17-8-10-20-18(13-17)22(25)23-19-12-15(2)7-9-21(19)28-20/h4-13H,1-3H3,(H,23,25). The van der Waals surface area contributed by atoms with Crippen molar-refractivity contribution in [2.75, 3.05) is 16.7 Å². The highest BCUT2D eigenvalue weighted by molar-refractivity contribution is 7.92. The van der Waals surface area contributed by atoms with E-state index in [2.05, 4.69) is 5.32 Å². The fourth-order valence-electron chi connectivity index (χ4n) is 3.20. The molecule has 0 bridgehead atoms. The molecule has 0 fully saturated rings. The van der Waals surface area contributed by atoms with E-state index in [0.29, 0.717) is 22.9 Å². The number of nitrogens with one attached hydrogen (secondary N) is 1. The van der Waals surface area contributed by atoms with E-state index in [1.807, 2.05) is 32.0 Å². The zero-order chi connectivity index (χ0) is 20.8. The van der Waals surface area contributed by atoms with E-state index in [9.17, 15) is 13.2 Å². The van der Waals surface area contributed by atoms with Gasteiger partial charge in [0.1, 0.15) is 5.75 Å². The average Bonchev–Trinajstić information content (AvgIpc) is 2.82. The van der Waals surface area contributed by atoms with Crippen LogP contribution >= 0.6 is 0 Å². The molecule has 0 saturated carbocycles. The summed E-state index contributed by atoms with van der Waals surface area (Å²) in [5, 5.41) is 2.79. The van der Waals surface area contributed by atoms with Crippen LogP contribution in [-0.2, 0) is 10.0 Å². The molecule has 1 N–H and O–H groups in total. The Morgan fingerprint density at radius 2 is 1.62 bits per heavy atom. The maximum atomic E-state index is 13.1. The summed E-state index contributed by atoms with van der Waals surface area (Å²) < 4.78 is 33.3. The first-order valence-corrected chi connectivity index (χ1v) is 10.5. The smallest absolute Gasteiger partial charge is 0.264 e. The number of hydrogen-bond donors (Lipinski definition) is 1. The third-order valence-corrected chi connectivity index (χ3v) is 6.60. The van der Waals surface area contributed by atoms with E-state index >= 15 is 0 Å². The lowest BCUT2D eigenvalue weighted by Crippen LogP contribution is -2.27. The lowest BCUT2D eigenvalue weighted by molar-refractivity contribution is 0.102. The van der Waals surface area contributed by atoms with Gasteiger partial charge in [0.2, 0.25) is 0 Å². The number of carbonyl (C=O) groups is 1. The number of rotatable bonds is 3. The molecule has 1 aliphatic rings. The number of carbonyl (C=O) groups excluding carboxylic acids is 1. The van der Waals surface area contributed by atoms with Crippen molar-refractivity contribution in [1.82, 2.24) is 0 Å². The third-order valence-electron chi connectivity index (χ3n) is 4.82. The molecular weight excluding hydrogens is 388 g/mol. The molecule has 3 aromatic carbocycles. The van der Waals surface area contributed by atoms with Gasteiger partial charge in [-0.1, -0.05) is 18.2 Å². The van der Waals surface area contributed by atoms with Gasteiger partial charge in [0.05, 0.1) is 21.8 Å². The van der Waals surface area contributed by atoms with E-state index in [1.165, 1.54) is 29.6 Å². The largest absolute Gasteiger partial charge is 0.454 e. The summed E-state index contributed by atoms with van der Waals surface area (Å²) in [5.41, 5.74) is 3.18. The van der Waals surface area contributed by atoms with Gasteiger partial charge in [-0.3, -0.25) is 9.10 Å². The first kappa shape index (κ1) is 19.0. The van der Waals surface area contributed by atoms with E-state index in [0.717, 1.165) is 11.1 Å². The maximum Gasteiger partial charge on any atom is 0.264 e. The minimum absolute atomic E-state index is 0.0149. The predicted molar refractivity (Wildman–Crippen MR) is 112 cm³/mol. The molecule has 148 valence electrons. The summed E-state index contributed by atoms with van der Waals surface area (Å²) in [6, 6.07) is 17.0. The Kier molecular flexibility index (Phi) is 4.55. The van der Waals surface area contributed by atoms with Gasteiger partial charge in [-0.25, -0.2) is 8.42 Å². The summed E-state index contributed by atoms with van der Waals surface area (Å²) >= 11 is 0. The summed E-state index contributed by atoms with van der Waals surface area (Å²) in [4.78, 5) is 12.8. The first-order valence-electron chi connectivity index (χ1n) is 9.05. The Labute approximate surface area is 169 Å². The molecule has 0 aliphatic carbocycles. The van der Waals surface area contributed by atoms with Gasteiger partial charge in [0.15, 0.2) is 5.75 Å². The molecular formula is C22H20N2O4S. The highest BCUT2D eigenvalue weighted by atomic mass is 32.2. The first-order chi connectivity index (χ1) is 13.8. The molecule has 0 spiro atoms. The van der Waals surface area contributed by atoms with Gasteiger partial charge in [0.25, 0.3) is 15.9 Å². The van der Waals surface area contributed by atoms with Crippen LogP contribution in [0.15, 0.2) is 65.6 Å². The molecule has 0 unspecified atom stereocenters. The molecule has 0 aromatic heterocycles. The number of anilines is 2. The molecule has 1 amide bonds. The van der Waals surface area contributed by atoms with Crippen molar-refractivity contribution < 1.29 is 17.9 Å². The second kappa shape index (κ2) is 6.93. The van der Waals surface area contributed by atoms with Gasteiger partial charge in [-0.05, 0) is 67.4 Å². The Hall–Kier alpha value is -3.32. The fraction of sp³-hybridized carbons (Fsp3) is 0.136. The summed E-state index contributed by atoms with van der Waals surface area (Å²) in [5.74, 6) is 0.400. The van der Waals surface area contributed by atoms with E-state index < -0.39 is 15.9 Å². The zero-order valence-electron chi connectivity index (χ0n) is 16.3. The van der Waals surface area contributed by atoms with Gasteiger partial charge in [0, 0.05) is 7.05 Å². The lowest BCUT2D eigenvalue weighted by atomic mass is 10.2. The molecule has 0 atom stereocenters. The molecule has 1 heterocycles. The van der Waals surface area contributed by atoms with Crippen molar-refractivity contribution in [3.63, 3.8) is 0 Å². The van der Waals surface area contributed by atoms with E-state index in [-0.39, 0.29) is 10.5 Å². The Balaban J connectivity index is 1.74. The molecule has 3 aromatic rings. The summed E-state index contributed by atoms with van der Waals surface area (Å²) in [7, 11) is -2.36. The molecule has 0 radical (unpaired) electrons. The molecule has 6 nitrogen and oxygen atoms in total. The average molecular weight is 408 g/mol. The van der Waals surface area contributed by atoms with E-state index in [4.69, 9.17) is 4.74 Å². The van der Waals surface area contributed by atoms with Crippen molar-refractivity contribution in [3.05, 3.63) is 77.4 Å². The number of nitrogens with zero attached hydrogens (tertiary/aromatic N) is 1. The number of benzene rings is 3. The number of fused-ring (bicyclic) bond motifs is 2. The van der Waals surface area contributed by atoms with Crippen LogP contribution in [0.4, 0.5) is 11.4 Å². The molecule has 29 heavy (non-hydrogen) atoms. The number of amides is 1. The van der Waals surface area contributed by atoms with Gasteiger partial charge in [-0.15, -0.1) is 0 Å². The lowest BCUT2D eigenvalue weighted by Gasteiger charge is -2.20. The van der Waals surface area contributed by atoms with Crippen LogP contribution in [0, 0.1) is 13.8 Å². The highest BCUT2D eigenvalue weighted by Gasteiger charge is 2.27. The van der Waals surface area contributed by atoms with E-state index in [1.54, 1.807) is 24.3 Å². The van der Waals surface area contributed by atoms with Crippen molar-refractivity contribution >= 4 is 27.3 Å². The summed E-state index contributed by atoms with van der Waals surface area (Å²) in [6.45, 7) is 3.81. The van der Waals surface area contributed by atoms with Crippen LogP contribution in [0.3, 0.4) is 0 Å². The van der Waals surface area contributed by atoms with Crippen LogP contribution in [0.2, 0.25) is 0 Å². The predicted octanol–water partition coefficient (Wildman–Crippen LogP) is 4.49. The molecule has 7 heteroatoms. The van der Waals surface area contributed by atoms with Gasteiger partial charge >= 0.3 is 0 Å². The minimum Gasteiger partial charge on any atom is -0.454 e. The van der Waals surface area contributed by atoms with Crippen LogP contribution in [0.1, 0.15) is 21.5 Å². The maximum absolute atomic E-state index is 13.1. The second-order valence-corrected chi connectivity index (χ2v) is 8.99. The number of ether oxygens (including phenoxy) is 1. The highest BCUT2D eigenvalue weighted by Crippen LogP contribution is 2.37. The molecule has 1 aliphatic heterocycles. The SMILES string of the molecule is Cc1cccc(N(C)S(=O)(=O)c2ccc3c(c2)C(=O)Nc2cc(C)ccc2O3)c1. The van der Waals surface area contributed by atoms with Crippen LogP contribution < -0.4 is 14.4 Å². The Bertz CT molecular complexity index is 1240. The van der Waals surface area contributed by atoms with Crippen molar-refractivity contribution in [2.24, 2.45) is 0 Å². The van der Waals surface area contributed by atoms with Crippen molar-refractivity contribution in [2.45, 2.75) is 18.7 Å². The normalized spacial score (nSPS) is 12.9. The minimum atomic E-state index is -3.85. The summed E-state index contributed by atoms with van der Waals surface area (Å²) in [6.07, 6.45) is 0. The number of aryl methyl sites for hydroxylation is 2. The fourth-order valence-corrected chi connectivity index (χ4v) is 4.41. The third kappa shape index (κ3) is 3.45. The van der Waals surface area contributed by atoms with Gasteiger partial charge in [-0.2, -0.15) is 0 Å². The van der Waals surface area contributed by atoms with Crippen LogP contribution in [0.5, 0.6) is 11.5 Å². The monoisotopic (exact) mass is 408 g/mol. The number of hydrogen-bond acceptors (Lipinski definition) is 4. The van der Waals surface area contributed by atoms with Crippen LogP contribution in [-0.4, -0.2) is 21.4 Å². The van der Waals surface area contributed by atoms with Crippen molar-refractivity contribution in [1.29, 1.82) is 0 Å².